The average Bonchev–Trinajstić information content (AvgIpc) is 2.81. The number of hydrogen-bond acceptors (Lipinski definition) is 4. The van der Waals surface area contributed by atoms with Gasteiger partial charge in [0.25, 0.3) is 11.8 Å². The Labute approximate surface area is 222 Å². The number of ether oxygens (including phenoxy) is 1. The summed E-state index contributed by atoms with van der Waals surface area (Å²) in [6, 6.07) is 14.2. The first-order chi connectivity index (χ1) is 17.7. The van der Waals surface area contributed by atoms with Crippen molar-refractivity contribution in [3.05, 3.63) is 111 Å². The van der Waals surface area contributed by atoms with Crippen LogP contribution in [0.1, 0.15) is 27.8 Å². The van der Waals surface area contributed by atoms with E-state index in [-0.39, 0.29) is 18.0 Å². The number of carbonyl (C=O) groups is 3. The summed E-state index contributed by atoms with van der Waals surface area (Å²) in [5, 5.41) is 2.25. The standard InChI is InChI=1S/C29H24BrFN2O4/c1-4-6-21-12-20(15-25(30)26(21)37-16-19-7-5-8-22(31)13-19)14-24-27(34)32-29(36)33(28(24)35)23-10-17(2)9-18(3)11-23/h4-5,7-15H,1,6,16H2,2-3H3,(H,32,34,36)/b24-14+. The molecular formula is C29H24BrFN2O4. The lowest BCUT2D eigenvalue weighted by molar-refractivity contribution is -0.122. The summed E-state index contributed by atoms with van der Waals surface area (Å²) < 4.78 is 20.1. The molecule has 4 rings (SSSR count). The molecule has 0 bridgehead atoms. The van der Waals surface area contributed by atoms with Crippen LogP contribution in [0, 0.1) is 19.7 Å². The van der Waals surface area contributed by atoms with Gasteiger partial charge in [-0.3, -0.25) is 14.9 Å². The fourth-order valence-electron chi connectivity index (χ4n) is 4.15. The Bertz CT molecular complexity index is 1440. The van der Waals surface area contributed by atoms with Crippen LogP contribution in [-0.2, 0) is 22.6 Å². The van der Waals surface area contributed by atoms with E-state index in [0.717, 1.165) is 21.6 Å². The first-order valence-corrected chi connectivity index (χ1v) is 12.3. The molecule has 1 saturated heterocycles. The molecule has 0 aromatic heterocycles. The van der Waals surface area contributed by atoms with Gasteiger partial charge in [0.05, 0.1) is 10.2 Å². The van der Waals surface area contributed by atoms with E-state index in [1.165, 1.54) is 18.2 Å². The van der Waals surface area contributed by atoms with Crippen LogP contribution in [0.15, 0.2) is 77.3 Å². The third-order valence-electron chi connectivity index (χ3n) is 5.66. The number of barbiturate groups is 1. The number of carbonyl (C=O) groups excluding carboxylic acids is 3. The van der Waals surface area contributed by atoms with Gasteiger partial charge in [0.15, 0.2) is 0 Å². The summed E-state index contributed by atoms with van der Waals surface area (Å²) in [7, 11) is 0. The van der Waals surface area contributed by atoms with Crippen molar-refractivity contribution in [1.82, 2.24) is 5.32 Å². The maximum Gasteiger partial charge on any atom is 0.335 e. The van der Waals surface area contributed by atoms with Crippen molar-refractivity contribution in [3.63, 3.8) is 0 Å². The van der Waals surface area contributed by atoms with Gasteiger partial charge in [-0.15, -0.1) is 6.58 Å². The van der Waals surface area contributed by atoms with Gasteiger partial charge in [-0.1, -0.05) is 24.3 Å². The van der Waals surface area contributed by atoms with E-state index in [9.17, 15) is 18.8 Å². The van der Waals surface area contributed by atoms with Gasteiger partial charge < -0.3 is 4.74 Å². The number of hydrogen-bond donors (Lipinski definition) is 1. The first kappa shape index (κ1) is 26.0. The molecule has 3 aromatic carbocycles. The summed E-state index contributed by atoms with van der Waals surface area (Å²) in [4.78, 5) is 39.5. The lowest BCUT2D eigenvalue weighted by Crippen LogP contribution is -2.54. The first-order valence-electron chi connectivity index (χ1n) is 11.5. The molecule has 4 amide bonds. The summed E-state index contributed by atoms with van der Waals surface area (Å²) >= 11 is 3.51. The molecule has 1 heterocycles. The van der Waals surface area contributed by atoms with E-state index in [1.54, 1.807) is 42.5 Å². The van der Waals surface area contributed by atoms with E-state index in [1.807, 2.05) is 19.9 Å². The lowest BCUT2D eigenvalue weighted by atomic mass is 10.0. The van der Waals surface area contributed by atoms with Crippen molar-refractivity contribution in [1.29, 1.82) is 0 Å². The number of nitrogens with one attached hydrogen (secondary N) is 1. The number of anilines is 1. The highest BCUT2D eigenvalue weighted by molar-refractivity contribution is 9.10. The lowest BCUT2D eigenvalue weighted by Gasteiger charge is -2.27. The summed E-state index contributed by atoms with van der Waals surface area (Å²) in [5.74, 6) is -1.30. The van der Waals surface area contributed by atoms with Crippen molar-refractivity contribution < 1.29 is 23.5 Å². The number of imide groups is 2. The Morgan fingerprint density at radius 1 is 1.05 bits per heavy atom. The highest BCUT2D eigenvalue weighted by atomic mass is 79.9. The number of nitrogens with zero attached hydrogens (tertiary/aromatic N) is 1. The molecule has 1 aliphatic rings. The minimum Gasteiger partial charge on any atom is -0.487 e. The number of rotatable bonds is 7. The molecule has 3 aromatic rings. The minimum atomic E-state index is -0.799. The smallest absolute Gasteiger partial charge is 0.335 e. The van der Waals surface area contributed by atoms with Crippen LogP contribution in [0.3, 0.4) is 0 Å². The van der Waals surface area contributed by atoms with Gasteiger partial charge in [0.1, 0.15) is 23.7 Å². The molecule has 8 heteroatoms. The van der Waals surface area contributed by atoms with E-state index in [4.69, 9.17) is 4.74 Å². The van der Waals surface area contributed by atoms with Crippen LogP contribution < -0.4 is 15.0 Å². The molecule has 188 valence electrons. The summed E-state index contributed by atoms with van der Waals surface area (Å²) in [6.45, 7) is 7.67. The predicted molar refractivity (Wildman–Crippen MR) is 144 cm³/mol. The van der Waals surface area contributed by atoms with Gasteiger partial charge in [0.2, 0.25) is 0 Å². The topological polar surface area (TPSA) is 75.7 Å². The average molecular weight is 563 g/mol. The van der Waals surface area contributed by atoms with Crippen LogP contribution >= 0.6 is 15.9 Å². The Balaban J connectivity index is 1.68. The number of amides is 4. The fourth-order valence-corrected chi connectivity index (χ4v) is 4.78. The zero-order valence-electron chi connectivity index (χ0n) is 20.3. The number of benzene rings is 3. The van der Waals surface area contributed by atoms with Crippen LogP contribution in [0.2, 0.25) is 0 Å². The van der Waals surface area contributed by atoms with Gasteiger partial charge in [-0.25, -0.2) is 14.1 Å². The Kier molecular flexibility index (Phi) is 7.69. The van der Waals surface area contributed by atoms with Gasteiger partial charge in [-0.05, 0) is 106 Å². The second kappa shape index (κ2) is 10.9. The molecule has 1 aliphatic heterocycles. The quantitative estimate of drug-likeness (QED) is 0.212. The molecule has 0 unspecified atom stereocenters. The van der Waals surface area contributed by atoms with Gasteiger partial charge in [0, 0.05) is 0 Å². The van der Waals surface area contributed by atoms with Gasteiger partial charge in [-0.2, -0.15) is 0 Å². The van der Waals surface area contributed by atoms with Crippen LogP contribution in [-0.4, -0.2) is 17.8 Å². The molecule has 6 nitrogen and oxygen atoms in total. The van der Waals surface area contributed by atoms with E-state index < -0.39 is 17.8 Å². The van der Waals surface area contributed by atoms with Crippen molar-refractivity contribution in [2.24, 2.45) is 0 Å². The monoisotopic (exact) mass is 562 g/mol. The molecular weight excluding hydrogens is 539 g/mol. The Morgan fingerprint density at radius 2 is 1.78 bits per heavy atom. The largest absolute Gasteiger partial charge is 0.487 e. The van der Waals surface area contributed by atoms with Crippen molar-refractivity contribution >= 4 is 45.5 Å². The maximum atomic E-state index is 13.5. The van der Waals surface area contributed by atoms with Crippen LogP contribution in [0.25, 0.3) is 6.08 Å². The summed E-state index contributed by atoms with van der Waals surface area (Å²) in [5.41, 5.74) is 3.93. The molecule has 1 N–H and O–H groups in total. The zero-order valence-corrected chi connectivity index (χ0v) is 21.9. The molecule has 0 aliphatic carbocycles. The van der Waals surface area contributed by atoms with Crippen LogP contribution in [0.5, 0.6) is 5.75 Å². The van der Waals surface area contributed by atoms with Crippen LogP contribution in [0.4, 0.5) is 14.9 Å². The minimum absolute atomic E-state index is 0.148. The molecule has 1 fully saturated rings. The van der Waals surface area contributed by atoms with E-state index >= 15 is 0 Å². The number of aryl methyl sites for hydroxylation is 2. The normalized spacial score (nSPS) is 14.6. The highest BCUT2D eigenvalue weighted by Gasteiger charge is 2.37. The third-order valence-corrected chi connectivity index (χ3v) is 6.25. The van der Waals surface area contributed by atoms with E-state index in [0.29, 0.717) is 33.5 Å². The zero-order chi connectivity index (χ0) is 26.7. The van der Waals surface area contributed by atoms with E-state index in [2.05, 4.69) is 27.8 Å². The molecule has 0 radical (unpaired) electrons. The fraction of sp³-hybridized carbons (Fsp3) is 0.138. The second-order valence-corrected chi connectivity index (χ2v) is 9.56. The second-order valence-electron chi connectivity index (χ2n) is 8.71. The van der Waals surface area contributed by atoms with Crippen molar-refractivity contribution in [3.8, 4) is 5.75 Å². The Morgan fingerprint density at radius 3 is 2.46 bits per heavy atom. The van der Waals surface area contributed by atoms with Crippen molar-refractivity contribution in [2.45, 2.75) is 26.9 Å². The predicted octanol–water partition coefficient (Wildman–Crippen LogP) is 6.18. The molecule has 37 heavy (non-hydrogen) atoms. The van der Waals surface area contributed by atoms with Crippen molar-refractivity contribution in [2.75, 3.05) is 4.90 Å². The number of halogens is 2. The summed E-state index contributed by atoms with van der Waals surface area (Å²) in [6.07, 6.45) is 3.58. The molecule has 0 atom stereocenters. The molecule has 0 saturated carbocycles. The SMILES string of the molecule is C=CCc1cc(/C=C2\C(=O)NC(=O)N(c3cc(C)cc(C)c3)C2=O)cc(Br)c1OCc1cccc(F)c1. The maximum absolute atomic E-state index is 13.5. The highest BCUT2D eigenvalue weighted by Crippen LogP contribution is 2.34. The Hall–Kier alpha value is -4.04. The number of urea groups is 1. The molecule has 0 spiro atoms. The number of allylic oxidation sites excluding steroid dienone is 1. The third kappa shape index (κ3) is 5.86. The van der Waals surface area contributed by atoms with Gasteiger partial charge >= 0.3 is 6.03 Å².